The van der Waals surface area contributed by atoms with Crippen molar-refractivity contribution in [2.24, 2.45) is 0 Å². The van der Waals surface area contributed by atoms with Crippen LogP contribution < -0.4 is 5.69 Å². The summed E-state index contributed by atoms with van der Waals surface area (Å²) in [5.74, 6) is -1.06. The second-order valence-corrected chi connectivity index (χ2v) is 5.10. The van der Waals surface area contributed by atoms with Gasteiger partial charge in [-0.15, -0.1) is 0 Å². The molecule has 0 radical (unpaired) electrons. The number of aromatic amines is 1. The number of halogens is 1. The molecule has 3 aromatic rings. The summed E-state index contributed by atoms with van der Waals surface area (Å²) in [6.07, 6.45) is 0.489. The molecule has 1 N–H and O–H groups in total. The number of nitrogens with one attached hydrogen (secondary N) is 1. The van der Waals surface area contributed by atoms with Crippen LogP contribution in [0.5, 0.6) is 0 Å². The average Bonchev–Trinajstić information content (AvgIpc) is 2.87. The van der Waals surface area contributed by atoms with Crippen molar-refractivity contribution in [2.45, 2.75) is 13.0 Å². The minimum absolute atomic E-state index is 0.154. The summed E-state index contributed by atoms with van der Waals surface area (Å²) >= 11 is 0. The fourth-order valence-electron chi connectivity index (χ4n) is 2.42. The number of hydrogen-bond donors (Lipinski definition) is 1. The van der Waals surface area contributed by atoms with Crippen LogP contribution in [0, 0.1) is 5.82 Å². The first kappa shape index (κ1) is 15.0. The van der Waals surface area contributed by atoms with Gasteiger partial charge >= 0.3 is 11.7 Å². The SMILES string of the molecule is O=C(OCCCn1c(=O)[nH]c2ccccc21)c1cccc(F)c1. The number of carbonyl (C=O) groups excluding carboxylic acids is 1. The molecule has 1 heterocycles. The Balaban J connectivity index is 1.58. The first-order valence-electron chi connectivity index (χ1n) is 7.25. The highest BCUT2D eigenvalue weighted by Crippen LogP contribution is 2.10. The summed E-state index contributed by atoms with van der Waals surface area (Å²) in [7, 11) is 0. The van der Waals surface area contributed by atoms with Gasteiger partial charge in [0.15, 0.2) is 0 Å². The summed E-state index contributed by atoms with van der Waals surface area (Å²) in [6, 6.07) is 12.7. The van der Waals surface area contributed by atoms with Crippen LogP contribution in [0.15, 0.2) is 53.3 Å². The molecule has 0 unspecified atom stereocenters. The number of imidazole rings is 1. The van der Waals surface area contributed by atoms with Crippen LogP contribution in [-0.2, 0) is 11.3 Å². The molecule has 0 bridgehead atoms. The smallest absolute Gasteiger partial charge is 0.338 e. The van der Waals surface area contributed by atoms with E-state index >= 15 is 0 Å². The van der Waals surface area contributed by atoms with E-state index in [9.17, 15) is 14.0 Å². The highest BCUT2D eigenvalue weighted by molar-refractivity contribution is 5.89. The molecule has 0 aliphatic carbocycles. The van der Waals surface area contributed by atoms with Crippen molar-refractivity contribution in [3.63, 3.8) is 0 Å². The van der Waals surface area contributed by atoms with Crippen molar-refractivity contribution in [1.29, 1.82) is 0 Å². The lowest BCUT2D eigenvalue weighted by Crippen LogP contribution is -2.18. The van der Waals surface area contributed by atoms with E-state index < -0.39 is 11.8 Å². The van der Waals surface area contributed by atoms with Gasteiger partial charge in [0.05, 0.1) is 23.2 Å². The molecule has 2 aromatic carbocycles. The van der Waals surface area contributed by atoms with Gasteiger partial charge in [0.1, 0.15) is 5.82 Å². The molecule has 23 heavy (non-hydrogen) atoms. The van der Waals surface area contributed by atoms with Crippen molar-refractivity contribution in [2.75, 3.05) is 6.61 Å². The molecule has 0 aliphatic heterocycles. The maximum Gasteiger partial charge on any atom is 0.338 e. The van der Waals surface area contributed by atoms with E-state index in [0.29, 0.717) is 13.0 Å². The summed E-state index contributed by atoms with van der Waals surface area (Å²) in [5.41, 5.74) is 1.57. The number of carbonyl (C=O) groups is 1. The molecule has 1 aromatic heterocycles. The van der Waals surface area contributed by atoms with Crippen molar-refractivity contribution in [3.8, 4) is 0 Å². The highest BCUT2D eigenvalue weighted by Gasteiger charge is 2.09. The molecule has 5 nitrogen and oxygen atoms in total. The van der Waals surface area contributed by atoms with E-state index in [2.05, 4.69) is 4.98 Å². The van der Waals surface area contributed by atoms with E-state index in [4.69, 9.17) is 4.74 Å². The zero-order chi connectivity index (χ0) is 16.2. The zero-order valence-corrected chi connectivity index (χ0v) is 12.3. The van der Waals surface area contributed by atoms with Gasteiger partial charge in [-0.25, -0.2) is 14.0 Å². The maximum atomic E-state index is 13.0. The topological polar surface area (TPSA) is 64.1 Å². The van der Waals surface area contributed by atoms with Crippen LogP contribution in [0.1, 0.15) is 16.8 Å². The fraction of sp³-hybridized carbons (Fsp3) is 0.176. The second-order valence-electron chi connectivity index (χ2n) is 5.10. The first-order valence-corrected chi connectivity index (χ1v) is 7.25. The lowest BCUT2D eigenvalue weighted by molar-refractivity contribution is 0.0495. The lowest BCUT2D eigenvalue weighted by atomic mass is 10.2. The number of esters is 1. The van der Waals surface area contributed by atoms with Gasteiger partial charge in [-0.3, -0.25) is 4.57 Å². The number of nitrogens with zero attached hydrogens (tertiary/aromatic N) is 1. The molecule has 0 saturated heterocycles. The van der Waals surface area contributed by atoms with E-state index in [1.807, 2.05) is 24.3 Å². The number of benzene rings is 2. The molecule has 0 amide bonds. The zero-order valence-electron chi connectivity index (χ0n) is 12.3. The molecule has 6 heteroatoms. The molecule has 0 fully saturated rings. The number of aromatic nitrogens is 2. The standard InChI is InChI=1S/C17H15FN2O3/c18-13-6-3-5-12(11-13)16(21)23-10-4-9-20-15-8-2-1-7-14(15)19-17(20)22/h1-3,5-8,11H,4,9-10H2,(H,19,22). The normalized spacial score (nSPS) is 10.8. The molecule has 118 valence electrons. The van der Waals surface area contributed by atoms with E-state index in [0.717, 1.165) is 17.1 Å². The minimum Gasteiger partial charge on any atom is -0.462 e. The number of H-pyrrole nitrogens is 1. The number of ether oxygens (including phenoxy) is 1. The molecular formula is C17H15FN2O3. The molecule has 0 aliphatic rings. The fourth-order valence-corrected chi connectivity index (χ4v) is 2.42. The number of para-hydroxylation sites is 2. The maximum absolute atomic E-state index is 13.0. The lowest BCUT2D eigenvalue weighted by Gasteiger charge is -2.06. The predicted molar refractivity (Wildman–Crippen MR) is 83.9 cm³/mol. The molecule has 0 spiro atoms. The summed E-state index contributed by atoms with van der Waals surface area (Å²) in [5, 5.41) is 0. The molecular weight excluding hydrogens is 299 g/mol. The Morgan fingerprint density at radius 3 is 2.83 bits per heavy atom. The largest absolute Gasteiger partial charge is 0.462 e. The van der Waals surface area contributed by atoms with Crippen LogP contribution in [0.4, 0.5) is 4.39 Å². The van der Waals surface area contributed by atoms with Crippen molar-refractivity contribution < 1.29 is 13.9 Å². The highest BCUT2D eigenvalue weighted by atomic mass is 19.1. The monoisotopic (exact) mass is 314 g/mol. The number of aryl methyl sites for hydroxylation is 1. The van der Waals surface area contributed by atoms with Crippen LogP contribution >= 0.6 is 0 Å². The third-order valence-corrected chi connectivity index (χ3v) is 3.50. The van der Waals surface area contributed by atoms with Crippen molar-refractivity contribution >= 4 is 17.0 Å². The van der Waals surface area contributed by atoms with Gasteiger partial charge in [-0.2, -0.15) is 0 Å². The van der Waals surface area contributed by atoms with Gasteiger partial charge in [-0.05, 0) is 36.8 Å². The van der Waals surface area contributed by atoms with E-state index in [1.165, 1.54) is 18.2 Å². The Kier molecular flexibility index (Phi) is 4.23. The third kappa shape index (κ3) is 3.31. The summed E-state index contributed by atoms with van der Waals surface area (Å²) < 4.78 is 19.7. The second kappa shape index (κ2) is 6.48. The Labute approximate surface area is 131 Å². The van der Waals surface area contributed by atoms with Crippen LogP contribution in [0.3, 0.4) is 0 Å². The van der Waals surface area contributed by atoms with Crippen LogP contribution in [-0.4, -0.2) is 22.1 Å². The molecule has 0 saturated carbocycles. The first-order chi connectivity index (χ1) is 11.1. The van der Waals surface area contributed by atoms with Crippen molar-refractivity contribution in [1.82, 2.24) is 9.55 Å². The summed E-state index contributed by atoms with van der Waals surface area (Å²) in [4.78, 5) is 26.4. The Bertz CT molecular complexity index is 898. The predicted octanol–water partition coefficient (Wildman–Crippen LogP) is 2.72. The summed E-state index contributed by atoms with van der Waals surface area (Å²) in [6.45, 7) is 0.584. The number of hydrogen-bond acceptors (Lipinski definition) is 3. The Morgan fingerprint density at radius 2 is 2.00 bits per heavy atom. The minimum atomic E-state index is -0.573. The number of fused-ring (bicyclic) bond motifs is 1. The van der Waals surface area contributed by atoms with Crippen LogP contribution in [0.25, 0.3) is 11.0 Å². The van der Waals surface area contributed by atoms with E-state index in [1.54, 1.807) is 4.57 Å². The Hall–Kier alpha value is -2.89. The van der Waals surface area contributed by atoms with E-state index in [-0.39, 0.29) is 17.9 Å². The van der Waals surface area contributed by atoms with Gasteiger partial charge in [-0.1, -0.05) is 18.2 Å². The van der Waals surface area contributed by atoms with Gasteiger partial charge in [0.2, 0.25) is 0 Å². The average molecular weight is 314 g/mol. The van der Waals surface area contributed by atoms with Gasteiger partial charge in [0.25, 0.3) is 0 Å². The van der Waals surface area contributed by atoms with Crippen molar-refractivity contribution in [3.05, 3.63) is 70.4 Å². The third-order valence-electron chi connectivity index (χ3n) is 3.50. The van der Waals surface area contributed by atoms with Gasteiger partial charge in [0, 0.05) is 6.54 Å². The van der Waals surface area contributed by atoms with Gasteiger partial charge < -0.3 is 9.72 Å². The quantitative estimate of drug-likeness (QED) is 0.582. The number of rotatable bonds is 5. The molecule has 0 atom stereocenters. The van der Waals surface area contributed by atoms with Crippen LogP contribution in [0.2, 0.25) is 0 Å². The molecule has 3 rings (SSSR count). The Morgan fingerprint density at radius 1 is 1.17 bits per heavy atom.